The van der Waals surface area contributed by atoms with Crippen molar-refractivity contribution < 1.29 is 19.1 Å². The minimum absolute atomic E-state index is 0. The maximum absolute atomic E-state index is 12.2. The van der Waals surface area contributed by atoms with Crippen LogP contribution < -0.4 is 25.8 Å². The van der Waals surface area contributed by atoms with Crippen LogP contribution in [0.3, 0.4) is 0 Å². The van der Waals surface area contributed by atoms with Crippen LogP contribution in [0.5, 0.6) is 11.5 Å². The van der Waals surface area contributed by atoms with Crippen LogP contribution in [0.25, 0.3) is 0 Å². The van der Waals surface area contributed by atoms with E-state index in [4.69, 9.17) is 15.2 Å². The van der Waals surface area contributed by atoms with E-state index in [1.54, 1.807) is 12.1 Å². The predicted molar refractivity (Wildman–Crippen MR) is 97.0 cm³/mol. The van der Waals surface area contributed by atoms with E-state index in [0.29, 0.717) is 22.9 Å². The molecular formula is C17H24ClN3O4. The van der Waals surface area contributed by atoms with Crippen molar-refractivity contribution in [1.29, 1.82) is 0 Å². The molecule has 138 valence electrons. The number of hydrogen-bond donors (Lipinski definition) is 3. The molecule has 25 heavy (non-hydrogen) atoms. The number of hydrogen-bond acceptors (Lipinski definition) is 5. The Morgan fingerprint density at radius 1 is 1.24 bits per heavy atom. The minimum atomic E-state index is -0.228. The van der Waals surface area contributed by atoms with E-state index in [1.807, 2.05) is 6.92 Å². The zero-order chi connectivity index (χ0) is 17.1. The number of fused-ring (bicyclic) bond motifs is 1. The maximum Gasteiger partial charge on any atom is 0.231 e. The number of benzene rings is 1. The lowest BCUT2D eigenvalue weighted by Crippen LogP contribution is -2.38. The number of halogens is 1. The van der Waals surface area contributed by atoms with Gasteiger partial charge in [-0.1, -0.05) is 12.8 Å². The highest BCUT2D eigenvalue weighted by Gasteiger charge is 2.24. The Balaban J connectivity index is 0.00000225. The van der Waals surface area contributed by atoms with Gasteiger partial charge in [-0.05, 0) is 19.8 Å². The largest absolute Gasteiger partial charge is 0.454 e. The smallest absolute Gasteiger partial charge is 0.231 e. The molecule has 1 aromatic carbocycles. The minimum Gasteiger partial charge on any atom is -0.454 e. The van der Waals surface area contributed by atoms with Crippen LogP contribution in [0.1, 0.15) is 39.0 Å². The fourth-order valence-corrected chi connectivity index (χ4v) is 3.15. The number of amides is 2. The lowest BCUT2D eigenvalue weighted by atomic mass is 10.1. The first-order chi connectivity index (χ1) is 11.5. The second-order valence-electron chi connectivity index (χ2n) is 6.44. The van der Waals surface area contributed by atoms with Gasteiger partial charge in [-0.15, -0.1) is 12.4 Å². The van der Waals surface area contributed by atoms with Gasteiger partial charge in [-0.2, -0.15) is 0 Å². The Kier molecular flexibility index (Phi) is 6.36. The molecule has 2 aliphatic rings. The predicted octanol–water partition coefficient (Wildman–Crippen LogP) is 2.44. The molecule has 1 atom stereocenters. The summed E-state index contributed by atoms with van der Waals surface area (Å²) >= 11 is 0. The average Bonchev–Trinajstić information content (AvgIpc) is 3.18. The van der Waals surface area contributed by atoms with E-state index in [1.165, 1.54) is 0 Å². The van der Waals surface area contributed by atoms with Crippen molar-refractivity contribution in [2.24, 2.45) is 5.92 Å². The van der Waals surface area contributed by atoms with Crippen LogP contribution in [0.2, 0.25) is 0 Å². The number of nitrogen functional groups attached to an aromatic ring is 1. The third kappa shape index (κ3) is 4.69. The Morgan fingerprint density at radius 3 is 2.56 bits per heavy atom. The van der Waals surface area contributed by atoms with Gasteiger partial charge >= 0.3 is 0 Å². The highest BCUT2D eigenvalue weighted by atomic mass is 35.5. The Morgan fingerprint density at radius 2 is 1.88 bits per heavy atom. The average molecular weight is 370 g/mol. The van der Waals surface area contributed by atoms with E-state index in [2.05, 4.69) is 10.6 Å². The third-order valence-electron chi connectivity index (χ3n) is 4.43. The summed E-state index contributed by atoms with van der Waals surface area (Å²) < 4.78 is 10.5. The molecule has 0 aromatic heterocycles. The second-order valence-corrected chi connectivity index (χ2v) is 6.44. The summed E-state index contributed by atoms with van der Waals surface area (Å²) in [6, 6.07) is 3.05. The zero-order valence-electron chi connectivity index (χ0n) is 14.2. The molecule has 8 heteroatoms. The molecule has 4 N–H and O–H groups in total. The summed E-state index contributed by atoms with van der Waals surface area (Å²) in [5.41, 5.74) is 6.81. The van der Waals surface area contributed by atoms with Gasteiger partial charge in [0, 0.05) is 30.5 Å². The fraction of sp³-hybridized carbons (Fsp3) is 0.529. The quantitative estimate of drug-likeness (QED) is 0.692. The summed E-state index contributed by atoms with van der Waals surface area (Å²) in [5, 5.41) is 5.68. The first-order valence-corrected chi connectivity index (χ1v) is 8.32. The SMILES string of the molecule is CC(CC(=O)Nc1cc2c(cc1N)OCO2)NC(=O)C1CCCC1.Cl. The summed E-state index contributed by atoms with van der Waals surface area (Å²) in [6.45, 7) is 1.98. The lowest BCUT2D eigenvalue weighted by Gasteiger charge is -2.17. The molecule has 1 heterocycles. The standard InChI is InChI=1S/C17H23N3O4.ClH/c1-10(19-17(22)11-4-2-3-5-11)6-16(21)20-13-8-15-14(7-12(13)18)23-9-24-15;/h7-8,10-11H,2-6,9,18H2,1H3,(H,19,22)(H,20,21);1H. The van der Waals surface area contributed by atoms with E-state index in [-0.39, 0.29) is 49.4 Å². The number of nitrogens with one attached hydrogen (secondary N) is 2. The van der Waals surface area contributed by atoms with Crippen LogP contribution in [-0.4, -0.2) is 24.6 Å². The van der Waals surface area contributed by atoms with Crippen LogP contribution in [0.15, 0.2) is 12.1 Å². The van der Waals surface area contributed by atoms with E-state index in [0.717, 1.165) is 25.7 Å². The second kappa shape index (κ2) is 8.29. The molecule has 1 unspecified atom stereocenters. The van der Waals surface area contributed by atoms with Gasteiger partial charge in [-0.25, -0.2) is 0 Å². The molecule has 0 radical (unpaired) electrons. The van der Waals surface area contributed by atoms with Crippen LogP contribution >= 0.6 is 12.4 Å². The van der Waals surface area contributed by atoms with Crippen molar-refractivity contribution in [2.45, 2.75) is 45.1 Å². The zero-order valence-corrected chi connectivity index (χ0v) is 15.0. The van der Waals surface area contributed by atoms with Crippen molar-refractivity contribution in [3.05, 3.63) is 12.1 Å². The van der Waals surface area contributed by atoms with Crippen LogP contribution in [-0.2, 0) is 9.59 Å². The number of carbonyl (C=O) groups excluding carboxylic acids is 2. The summed E-state index contributed by atoms with van der Waals surface area (Å²) in [7, 11) is 0. The fourth-order valence-electron chi connectivity index (χ4n) is 3.15. The van der Waals surface area contributed by atoms with Gasteiger partial charge < -0.3 is 25.8 Å². The van der Waals surface area contributed by atoms with Crippen molar-refractivity contribution in [3.63, 3.8) is 0 Å². The molecule has 3 rings (SSSR count). The molecular weight excluding hydrogens is 346 g/mol. The molecule has 1 fully saturated rings. The molecule has 1 aliphatic carbocycles. The summed E-state index contributed by atoms with van der Waals surface area (Å²) in [5.74, 6) is 1.07. The van der Waals surface area contributed by atoms with Gasteiger partial charge in [0.25, 0.3) is 0 Å². The van der Waals surface area contributed by atoms with Gasteiger partial charge in [0.1, 0.15) is 0 Å². The van der Waals surface area contributed by atoms with Crippen molar-refractivity contribution in [3.8, 4) is 11.5 Å². The van der Waals surface area contributed by atoms with Crippen molar-refractivity contribution >= 4 is 35.6 Å². The summed E-state index contributed by atoms with van der Waals surface area (Å²) in [6.07, 6.45) is 4.29. The first kappa shape index (κ1) is 19.2. The van der Waals surface area contributed by atoms with Gasteiger partial charge in [-0.3, -0.25) is 9.59 Å². The van der Waals surface area contributed by atoms with Crippen LogP contribution in [0.4, 0.5) is 11.4 Å². The molecule has 1 saturated carbocycles. The van der Waals surface area contributed by atoms with E-state index >= 15 is 0 Å². The van der Waals surface area contributed by atoms with Gasteiger partial charge in [0.05, 0.1) is 11.4 Å². The number of ether oxygens (including phenoxy) is 2. The molecule has 0 bridgehead atoms. The Bertz CT molecular complexity index is 647. The van der Waals surface area contributed by atoms with Crippen molar-refractivity contribution in [2.75, 3.05) is 17.8 Å². The summed E-state index contributed by atoms with van der Waals surface area (Å²) in [4.78, 5) is 24.3. The highest BCUT2D eigenvalue weighted by Crippen LogP contribution is 2.38. The Labute approximate surface area is 153 Å². The number of carbonyl (C=O) groups is 2. The van der Waals surface area contributed by atoms with Crippen molar-refractivity contribution in [1.82, 2.24) is 5.32 Å². The topological polar surface area (TPSA) is 103 Å². The number of nitrogens with two attached hydrogens (primary N) is 1. The molecule has 1 aromatic rings. The van der Waals surface area contributed by atoms with Gasteiger partial charge in [0.2, 0.25) is 18.6 Å². The van der Waals surface area contributed by atoms with Gasteiger partial charge in [0.15, 0.2) is 11.5 Å². The number of rotatable bonds is 5. The molecule has 2 amide bonds. The third-order valence-corrected chi connectivity index (χ3v) is 4.43. The van der Waals surface area contributed by atoms with E-state index < -0.39 is 0 Å². The molecule has 0 spiro atoms. The monoisotopic (exact) mass is 369 g/mol. The molecule has 0 saturated heterocycles. The Hall–Kier alpha value is -2.15. The lowest BCUT2D eigenvalue weighted by molar-refractivity contribution is -0.125. The normalized spacial score (nSPS) is 16.8. The highest BCUT2D eigenvalue weighted by molar-refractivity contribution is 5.95. The van der Waals surface area contributed by atoms with Crippen LogP contribution in [0, 0.1) is 5.92 Å². The maximum atomic E-state index is 12.2. The number of anilines is 2. The van der Waals surface area contributed by atoms with E-state index in [9.17, 15) is 9.59 Å². The molecule has 1 aliphatic heterocycles. The molecule has 7 nitrogen and oxygen atoms in total. The first-order valence-electron chi connectivity index (χ1n) is 8.32.